The molecule has 2 aromatic carbocycles. The third-order valence-electron chi connectivity index (χ3n) is 4.77. The highest BCUT2D eigenvalue weighted by atomic mass is 16.2. The molecule has 5 nitrogen and oxygen atoms in total. The van der Waals surface area contributed by atoms with Crippen LogP contribution in [0.2, 0.25) is 0 Å². The molecule has 0 aromatic heterocycles. The largest absolute Gasteiger partial charge is 0.352 e. The van der Waals surface area contributed by atoms with Crippen LogP contribution in [-0.2, 0) is 11.3 Å². The Kier molecular flexibility index (Phi) is 5.68. The molecule has 5 heteroatoms. The summed E-state index contributed by atoms with van der Waals surface area (Å²) in [5, 5.41) is 2.77. The monoisotopic (exact) mass is 351 g/mol. The van der Waals surface area contributed by atoms with Crippen LogP contribution in [0.3, 0.4) is 0 Å². The van der Waals surface area contributed by atoms with Crippen LogP contribution >= 0.6 is 0 Å². The van der Waals surface area contributed by atoms with Crippen LogP contribution in [0.1, 0.15) is 34.5 Å². The van der Waals surface area contributed by atoms with Gasteiger partial charge in [0.25, 0.3) is 5.91 Å². The number of hydrogen-bond donors (Lipinski definition) is 1. The summed E-state index contributed by atoms with van der Waals surface area (Å²) in [6, 6.07) is 17.7. The summed E-state index contributed by atoms with van der Waals surface area (Å²) < 4.78 is 0. The van der Waals surface area contributed by atoms with E-state index in [2.05, 4.69) is 29.4 Å². The van der Waals surface area contributed by atoms with Crippen molar-refractivity contribution in [3.8, 4) is 0 Å². The summed E-state index contributed by atoms with van der Waals surface area (Å²) in [4.78, 5) is 28.4. The number of likely N-dealkylation sites (N-methyl/N-ethyl adjacent to an activating group) is 1. The number of nitrogens with one attached hydrogen (secondary N) is 1. The number of piperazine rings is 1. The van der Waals surface area contributed by atoms with Crippen LogP contribution in [0.15, 0.2) is 54.6 Å². The Morgan fingerprint density at radius 2 is 1.73 bits per heavy atom. The van der Waals surface area contributed by atoms with E-state index in [1.54, 1.807) is 0 Å². The second kappa shape index (κ2) is 8.15. The normalized spacial score (nSPS) is 17.8. The van der Waals surface area contributed by atoms with Gasteiger partial charge in [-0.25, -0.2) is 0 Å². The highest BCUT2D eigenvalue weighted by molar-refractivity contribution is 5.94. The van der Waals surface area contributed by atoms with Crippen molar-refractivity contribution in [2.75, 3.05) is 26.7 Å². The van der Waals surface area contributed by atoms with Crippen molar-refractivity contribution < 1.29 is 9.59 Å². The molecule has 2 amide bonds. The van der Waals surface area contributed by atoms with Crippen molar-refractivity contribution in [2.24, 2.45) is 0 Å². The van der Waals surface area contributed by atoms with E-state index >= 15 is 0 Å². The second-order valence-electron chi connectivity index (χ2n) is 6.79. The van der Waals surface area contributed by atoms with Gasteiger partial charge >= 0.3 is 0 Å². The third kappa shape index (κ3) is 4.29. The number of rotatable bonds is 4. The molecule has 0 saturated carbocycles. The lowest BCUT2D eigenvalue weighted by Gasteiger charge is -2.40. The van der Waals surface area contributed by atoms with E-state index in [-0.39, 0.29) is 17.9 Å². The van der Waals surface area contributed by atoms with E-state index in [9.17, 15) is 9.59 Å². The van der Waals surface area contributed by atoms with Gasteiger partial charge in [-0.15, -0.1) is 0 Å². The molecule has 0 radical (unpaired) electrons. The predicted molar refractivity (Wildman–Crippen MR) is 102 cm³/mol. The van der Waals surface area contributed by atoms with Crippen molar-refractivity contribution >= 4 is 11.8 Å². The zero-order valence-corrected chi connectivity index (χ0v) is 15.3. The summed E-state index contributed by atoms with van der Waals surface area (Å²) in [5.41, 5.74) is 2.83. The molecule has 1 saturated heterocycles. The van der Waals surface area contributed by atoms with E-state index in [1.807, 2.05) is 47.4 Å². The number of nitrogens with zero attached hydrogens (tertiary/aromatic N) is 2. The van der Waals surface area contributed by atoms with Gasteiger partial charge in [-0.05, 0) is 30.3 Å². The van der Waals surface area contributed by atoms with Crippen LogP contribution in [0.25, 0.3) is 0 Å². The summed E-state index contributed by atoms with van der Waals surface area (Å²) in [6.07, 6.45) is 0. The molecular weight excluding hydrogens is 326 g/mol. The Bertz CT molecular complexity index is 759. The average molecular weight is 351 g/mol. The SMILES string of the molecule is CC(=O)NCc1ccc(C(=O)N2CCN(C)C[C@H]2c2ccccc2)cc1. The maximum Gasteiger partial charge on any atom is 0.254 e. The molecule has 1 atom stereocenters. The second-order valence-corrected chi connectivity index (χ2v) is 6.79. The molecule has 1 N–H and O–H groups in total. The minimum absolute atomic E-state index is 0.0537. The Morgan fingerprint density at radius 1 is 1.04 bits per heavy atom. The molecule has 0 spiro atoms. The zero-order chi connectivity index (χ0) is 18.5. The molecule has 0 aliphatic carbocycles. The van der Waals surface area contributed by atoms with Crippen LogP contribution in [0.4, 0.5) is 0 Å². The van der Waals surface area contributed by atoms with E-state index in [4.69, 9.17) is 0 Å². The molecule has 1 aliphatic heterocycles. The minimum atomic E-state index is -0.0618. The molecule has 1 heterocycles. The Balaban J connectivity index is 1.77. The maximum atomic E-state index is 13.1. The topological polar surface area (TPSA) is 52.7 Å². The predicted octanol–water partition coefficient (Wildman–Crippen LogP) is 2.45. The Labute approximate surface area is 154 Å². The van der Waals surface area contributed by atoms with Crippen LogP contribution in [0, 0.1) is 0 Å². The van der Waals surface area contributed by atoms with Crippen LogP contribution < -0.4 is 5.32 Å². The molecule has 2 aromatic rings. The standard InChI is InChI=1S/C21H25N3O2/c1-16(25)22-14-17-8-10-19(11-9-17)21(26)24-13-12-23(2)15-20(24)18-6-4-3-5-7-18/h3-11,20H,12-15H2,1-2H3,(H,22,25)/t20-/m0/s1. The van der Waals surface area contributed by atoms with Gasteiger partial charge in [-0.3, -0.25) is 9.59 Å². The van der Waals surface area contributed by atoms with Gasteiger partial charge in [0.1, 0.15) is 0 Å². The lowest BCUT2D eigenvalue weighted by Crippen LogP contribution is -2.49. The van der Waals surface area contributed by atoms with E-state index < -0.39 is 0 Å². The van der Waals surface area contributed by atoms with Gasteiger partial charge in [-0.2, -0.15) is 0 Å². The zero-order valence-electron chi connectivity index (χ0n) is 15.3. The fraction of sp³-hybridized carbons (Fsp3) is 0.333. The van der Waals surface area contributed by atoms with Crippen LogP contribution in [-0.4, -0.2) is 48.3 Å². The van der Waals surface area contributed by atoms with Gasteiger partial charge in [0, 0.05) is 38.7 Å². The van der Waals surface area contributed by atoms with Crippen molar-refractivity contribution in [2.45, 2.75) is 19.5 Å². The van der Waals surface area contributed by atoms with E-state index in [0.29, 0.717) is 18.7 Å². The van der Waals surface area contributed by atoms with Crippen molar-refractivity contribution in [1.29, 1.82) is 0 Å². The molecule has 0 unspecified atom stereocenters. The lowest BCUT2D eigenvalue weighted by molar-refractivity contribution is -0.119. The number of carbonyl (C=O) groups excluding carboxylic acids is 2. The van der Waals surface area contributed by atoms with Gasteiger partial charge in [0.05, 0.1) is 6.04 Å². The third-order valence-corrected chi connectivity index (χ3v) is 4.77. The highest BCUT2D eigenvalue weighted by Gasteiger charge is 2.30. The summed E-state index contributed by atoms with van der Waals surface area (Å²) in [7, 11) is 2.09. The maximum absolute atomic E-state index is 13.1. The molecule has 1 aliphatic rings. The first-order valence-electron chi connectivity index (χ1n) is 8.92. The Hall–Kier alpha value is -2.66. The fourth-order valence-corrected chi connectivity index (χ4v) is 3.28. The van der Waals surface area contributed by atoms with Gasteiger partial charge < -0.3 is 15.1 Å². The summed E-state index contributed by atoms with van der Waals surface area (Å²) >= 11 is 0. The summed E-state index contributed by atoms with van der Waals surface area (Å²) in [6.45, 7) is 4.38. The fourth-order valence-electron chi connectivity index (χ4n) is 3.28. The van der Waals surface area contributed by atoms with Gasteiger partial charge in [0.15, 0.2) is 0 Å². The number of hydrogen-bond acceptors (Lipinski definition) is 3. The summed E-state index contributed by atoms with van der Waals surface area (Å²) in [5.74, 6) is -0.00803. The van der Waals surface area contributed by atoms with Crippen molar-refractivity contribution in [1.82, 2.24) is 15.1 Å². The highest BCUT2D eigenvalue weighted by Crippen LogP contribution is 2.26. The first-order valence-corrected chi connectivity index (χ1v) is 8.92. The molecule has 136 valence electrons. The lowest BCUT2D eigenvalue weighted by atomic mass is 10.0. The molecule has 1 fully saturated rings. The Morgan fingerprint density at radius 3 is 2.38 bits per heavy atom. The molecule has 0 bridgehead atoms. The number of amides is 2. The van der Waals surface area contributed by atoms with Crippen LogP contribution in [0.5, 0.6) is 0 Å². The van der Waals surface area contributed by atoms with Crippen molar-refractivity contribution in [3.63, 3.8) is 0 Å². The van der Waals surface area contributed by atoms with E-state index in [1.165, 1.54) is 6.92 Å². The smallest absolute Gasteiger partial charge is 0.254 e. The molecule has 3 rings (SSSR count). The number of benzene rings is 2. The average Bonchev–Trinajstić information content (AvgIpc) is 2.67. The minimum Gasteiger partial charge on any atom is -0.352 e. The van der Waals surface area contributed by atoms with Crippen molar-refractivity contribution in [3.05, 3.63) is 71.3 Å². The van der Waals surface area contributed by atoms with Gasteiger partial charge in [-0.1, -0.05) is 42.5 Å². The first kappa shape index (κ1) is 18.1. The first-order chi connectivity index (χ1) is 12.5. The molecular formula is C21H25N3O2. The van der Waals surface area contributed by atoms with Gasteiger partial charge in [0.2, 0.25) is 5.91 Å². The number of carbonyl (C=O) groups is 2. The van der Waals surface area contributed by atoms with E-state index in [0.717, 1.165) is 24.2 Å². The quantitative estimate of drug-likeness (QED) is 0.921. The molecule has 26 heavy (non-hydrogen) atoms.